The number of nitrogens with one attached hydrogen (secondary N) is 1. The maximum absolute atomic E-state index is 11.5. The van der Waals surface area contributed by atoms with Crippen LogP contribution >= 0.6 is 0 Å². The standard InChI is InChI=1S/C11H12N4O/c16-11(9-15-6-2-5-14-15)13-8-10-3-1-4-12-7-10/h1-7H,8-9H2,(H,13,16). The van der Waals surface area contributed by atoms with E-state index in [1.54, 1.807) is 35.5 Å². The lowest BCUT2D eigenvalue weighted by Crippen LogP contribution is -2.27. The highest BCUT2D eigenvalue weighted by atomic mass is 16.2. The zero-order chi connectivity index (χ0) is 11.2. The molecule has 0 saturated heterocycles. The van der Waals surface area contributed by atoms with Crippen LogP contribution < -0.4 is 5.32 Å². The highest BCUT2D eigenvalue weighted by molar-refractivity contribution is 5.75. The van der Waals surface area contributed by atoms with Crippen LogP contribution in [0.25, 0.3) is 0 Å². The fraction of sp³-hybridized carbons (Fsp3) is 0.182. The number of amides is 1. The van der Waals surface area contributed by atoms with E-state index < -0.39 is 0 Å². The molecule has 0 unspecified atom stereocenters. The first-order chi connectivity index (χ1) is 7.84. The van der Waals surface area contributed by atoms with Crippen LogP contribution in [-0.2, 0) is 17.9 Å². The Bertz CT molecular complexity index is 438. The molecule has 16 heavy (non-hydrogen) atoms. The van der Waals surface area contributed by atoms with E-state index in [9.17, 15) is 4.79 Å². The molecule has 0 fully saturated rings. The molecular weight excluding hydrogens is 204 g/mol. The maximum atomic E-state index is 11.5. The second kappa shape index (κ2) is 5.06. The maximum Gasteiger partial charge on any atom is 0.241 e. The van der Waals surface area contributed by atoms with E-state index in [1.807, 2.05) is 12.1 Å². The number of rotatable bonds is 4. The van der Waals surface area contributed by atoms with Gasteiger partial charge in [0, 0.05) is 31.3 Å². The predicted molar refractivity (Wildman–Crippen MR) is 58.3 cm³/mol. The van der Waals surface area contributed by atoms with E-state index in [4.69, 9.17) is 0 Å². The van der Waals surface area contributed by atoms with Gasteiger partial charge in [0.05, 0.1) is 0 Å². The van der Waals surface area contributed by atoms with Gasteiger partial charge in [-0.05, 0) is 17.7 Å². The molecule has 2 rings (SSSR count). The molecule has 0 aliphatic carbocycles. The molecule has 0 spiro atoms. The van der Waals surface area contributed by atoms with Gasteiger partial charge in [-0.3, -0.25) is 14.5 Å². The van der Waals surface area contributed by atoms with Gasteiger partial charge in [-0.1, -0.05) is 6.07 Å². The summed E-state index contributed by atoms with van der Waals surface area (Å²) in [4.78, 5) is 15.5. The summed E-state index contributed by atoms with van der Waals surface area (Å²) in [5, 5.41) is 6.75. The first-order valence-electron chi connectivity index (χ1n) is 4.97. The molecule has 0 radical (unpaired) electrons. The average Bonchev–Trinajstić information content (AvgIpc) is 2.81. The topological polar surface area (TPSA) is 59.8 Å². The Balaban J connectivity index is 1.80. The molecule has 82 valence electrons. The number of pyridine rings is 1. The average molecular weight is 216 g/mol. The van der Waals surface area contributed by atoms with Crippen molar-refractivity contribution in [3.63, 3.8) is 0 Å². The molecule has 5 nitrogen and oxygen atoms in total. The molecule has 2 aromatic rings. The lowest BCUT2D eigenvalue weighted by molar-refractivity contribution is -0.122. The van der Waals surface area contributed by atoms with E-state index in [0.717, 1.165) is 5.56 Å². The van der Waals surface area contributed by atoms with Crippen LogP contribution in [0.15, 0.2) is 43.0 Å². The van der Waals surface area contributed by atoms with Crippen molar-refractivity contribution in [1.82, 2.24) is 20.1 Å². The largest absolute Gasteiger partial charge is 0.350 e. The van der Waals surface area contributed by atoms with Crippen molar-refractivity contribution in [2.45, 2.75) is 13.1 Å². The molecule has 0 bridgehead atoms. The molecule has 2 heterocycles. The molecule has 0 aliphatic rings. The smallest absolute Gasteiger partial charge is 0.241 e. The summed E-state index contributed by atoms with van der Waals surface area (Å²) in [6.07, 6.45) is 6.83. The van der Waals surface area contributed by atoms with Crippen molar-refractivity contribution in [2.24, 2.45) is 0 Å². The van der Waals surface area contributed by atoms with Crippen LogP contribution in [0.5, 0.6) is 0 Å². The van der Waals surface area contributed by atoms with E-state index in [1.165, 1.54) is 0 Å². The van der Waals surface area contributed by atoms with E-state index in [2.05, 4.69) is 15.4 Å². The summed E-state index contributed by atoms with van der Waals surface area (Å²) in [7, 11) is 0. The Labute approximate surface area is 93.1 Å². The molecule has 1 N–H and O–H groups in total. The summed E-state index contributed by atoms with van der Waals surface area (Å²) in [5.74, 6) is -0.0625. The van der Waals surface area contributed by atoms with Gasteiger partial charge in [-0.25, -0.2) is 0 Å². The first-order valence-corrected chi connectivity index (χ1v) is 4.97. The van der Waals surface area contributed by atoms with Gasteiger partial charge in [-0.2, -0.15) is 5.10 Å². The van der Waals surface area contributed by atoms with Crippen LogP contribution in [0.1, 0.15) is 5.56 Å². The van der Waals surface area contributed by atoms with Gasteiger partial charge in [0.1, 0.15) is 6.54 Å². The van der Waals surface area contributed by atoms with Gasteiger partial charge in [0.25, 0.3) is 0 Å². The molecule has 2 aromatic heterocycles. The van der Waals surface area contributed by atoms with Crippen LogP contribution in [0.4, 0.5) is 0 Å². The van der Waals surface area contributed by atoms with Crippen LogP contribution in [-0.4, -0.2) is 20.7 Å². The SMILES string of the molecule is O=C(Cn1cccn1)NCc1cccnc1. The summed E-state index contributed by atoms with van der Waals surface area (Å²) in [5.41, 5.74) is 0.983. The number of carbonyl (C=O) groups is 1. The zero-order valence-corrected chi connectivity index (χ0v) is 8.71. The van der Waals surface area contributed by atoms with Crippen molar-refractivity contribution in [1.29, 1.82) is 0 Å². The van der Waals surface area contributed by atoms with Gasteiger partial charge in [-0.15, -0.1) is 0 Å². The van der Waals surface area contributed by atoms with Gasteiger partial charge < -0.3 is 5.32 Å². The molecule has 0 aromatic carbocycles. The Kier molecular flexibility index (Phi) is 3.28. The first kappa shape index (κ1) is 10.4. The van der Waals surface area contributed by atoms with Crippen molar-refractivity contribution < 1.29 is 4.79 Å². The van der Waals surface area contributed by atoms with Gasteiger partial charge >= 0.3 is 0 Å². The third kappa shape index (κ3) is 2.91. The summed E-state index contributed by atoms with van der Waals surface area (Å²) < 4.78 is 1.58. The fourth-order valence-electron chi connectivity index (χ4n) is 1.30. The summed E-state index contributed by atoms with van der Waals surface area (Å²) in [6, 6.07) is 5.55. The van der Waals surface area contributed by atoms with E-state index in [-0.39, 0.29) is 12.5 Å². The normalized spacial score (nSPS) is 10.0. The minimum absolute atomic E-state index is 0.0625. The highest BCUT2D eigenvalue weighted by Gasteiger charge is 2.02. The lowest BCUT2D eigenvalue weighted by atomic mass is 10.3. The Morgan fingerprint density at radius 1 is 1.38 bits per heavy atom. The van der Waals surface area contributed by atoms with E-state index >= 15 is 0 Å². The predicted octanol–water partition coefficient (Wildman–Crippen LogP) is 0.594. The molecule has 0 aliphatic heterocycles. The highest BCUT2D eigenvalue weighted by Crippen LogP contribution is 1.94. The summed E-state index contributed by atoms with van der Waals surface area (Å²) in [6.45, 7) is 0.737. The molecule has 5 heteroatoms. The minimum Gasteiger partial charge on any atom is -0.350 e. The molecule has 0 saturated carbocycles. The number of hydrogen-bond acceptors (Lipinski definition) is 3. The Morgan fingerprint density at radius 3 is 3.00 bits per heavy atom. The van der Waals surface area contributed by atoms with Crippen molar-refractivity contribution >= 4 is 5.91 Å². The molecule has 0 atom stereocenters. The lowest BCUT2D eigenvalue weighted by Gasteiger charge is -2.04. The minimum atomic E-state index is -0.0625. The van der Waals surface area contributed by atoms with E-state index in [0.29, 0.717) is 6.54 Å². The van der Waals surface area contributed by atoms with Crippen LogP contribution in [0.2, 0.25) is 0 Å². The Morgan fingerprint density at radius 2 is 2.31 bits per heavy atom. The number of carbonyl (C=O) groups excluding carboxylic acids is 1. The van der Waals surface area contributed by atoms with Crippen LogP contribution in [0.3, 0.4) is 0 Å². The quantitative estimate of drug-likeness (QED) is 0.814. The molecular formula is C11H12N4O. The fourth-order valence-corrected chi connectivity index (χ4v) is 1.30. The summed E-state index contributed by atoms with van der Waals surface area (Å²) >= 11 is 0. The van der Waals surface area contributed by atoms with Crippen molar-refractivity contribution in [2.75, 3.05) is 0 Å². The van der Waals surface area contributed by atoms with Gasteiger partial charge in [0.15, 0.2) is 0 Å². The second-order valence-corrected chi connectivity index (χ2v) is 3.34. The number of aromatic nitrogens is 3. The zero-order valence-electron chi connectivity index (χ0n) is 8.71. The number of nitrogens with zero attached hydrogens (tertiary/aromatic N) is 3. The Hall–Kier alpha value is -2.17. The van der Waals surface area contributed by atoms with Gasteiger partial charge in [0.2, 0.25) is 5.91 Å². The van der Waals surface area contributed by atoms with Crippen molar-refractivity contribution in [3.05, 3.63) is 48.5 Å². The molecule has 1 amide bonds. The van der Waals surface area contributed by atoms with Crippen LogP contribution in [0, 0.1) is 0 Å². The third-order valence-corrected chi connectivity index (χ3v) is 2.08. The third-order valence-electron chi connectivity index (χ3n) is 2.08. The monoisotopic (exact) mass is 216 g/mol. The number of hydrogen-bond donors (Lipinski definition) is 1. The van der Waals surface area contributed by atoms with Crippen molar-refractivity contribution in [3.8, 4) is 0 Å². The second-order valence-electron chi connectivity index (χ2n) is 3.34.